The molecule has 0 atom stereocenters. The lowest BCUT2D eigenvalue weighted by Gasteiger charge is -2.26. The largest absolute Gasteiger partial charge is 0.506 e. The zero-order valence-corrected chi connectivity index (χ0v) is 20.4. The maximum atomic E-state index is 14.4. The number of aromatic nitrogens is 3. The molecular formula is C26H28ClFN4O3. The molecule has 0 bridgehead atoms. The summed E-state index contributed by atoms with van der Waals surface area (Å²) >= 11 is 6.18. The molecule has 5 rings (SSSR count). The number of hydrogen-bond acceptors (Lipinski definition) is 6. The first-order valence-corrected chi connectivity index (χ1v) is 12.2. The van der Waals surface area contributed by atoms with Gasteiger partial charge in [-0.15, -0.1) is 0 Å². The molecule has 3 heterocycles. The number of aromatic hydroxyl groups is 1. The van der Waals surface area contributed by atoms with E-state index in [1.54, 1.807) is 31.5 Å². The average Bonchev–Trinajstić information content (AvgIpc) is 3.36. The number of H-pyrrole nitrogens is 1. The number of pyridine rings is 1. The molecule has 1 aliphatic rings. The summed E-state index contributed by atoms with van der Waals surface area (Å²) in [6, 6.07) is 6.50. The number of nitrogens with zero attached hydrogens (tertiary/aromatic N) is 3. The van der Waals surface area contributed by atoms with E-state index >= 15 is 0 Å². The van der Waals surface area contributed by atoms with Crippen LogP contribution < -0.4 is 9.47 Å². The molecule has 0 spiro atoms. The number of rotatable bonds is 8. The van der Waals surface area contributed by atoms with Gasteiger partial charge in [-0.3, -0.25) is 5.10 Å². The molecule has 1 fully saturated rings. The monoisotopic (exact) mass is 498 g/mol. The minimum absolute atomic E-state index is 0.0362. The molecule has 2 N–H and O–H groups in total. The average molecular weight is 499 g/mol. The standard InChI is InChI=1S/C26H28ClFN4O3/c1-34-25-21(35-11-5-10-32-8-3-2-4-9-32)13-17(14-28)22-23(25)18-15-29-31-26(18)30-24(22)16-6-7-20(33)19(27)12-16/h6-7,12-13,15,33H,2-5,8-11,14H2,1H3,(H,29,30,31). The fraction of sp³-hybridized carbons (Fsp3) is 0.385. The number of likely N-dealkylation sites (tertiary alicyclic amines) is 1. The van der Waals surface area contributed by atoms with Gasteiger partial charge < -0.3 is 19.5 Å². The summed E-state index contributed by atoms with van der Waals surface area (Å²) in [6.45, 7) is 3.05. The SMILES string of the molecule is COc1c(OCCCN2CCCCC2)cc(CF)c2c(-c3ccc(O)c(Cl)c3)nc3[nH]ncc3c12. The Hall–Kier alpha value is -3.10. The molecule has 0 radical (unpaired) electrons. The van der Waals surface area contributed by atoms with Gasteiger partial charge in [0, 0.05) is 22.9 Å². The minimum atomic E-state index is -0.714. The smallest absolute Gasteiger partial charge is 0.169 e. The number of aromatic amines is 1. The van der Waals surface area contributed by atoms with Crippen molar-refractivity contribution in [3.63, 3.8) is 0 Å². The van der Waals surface area contributed by atoms with Gasteiger partial charge in [0.15, 0.2) is 17.1 Å². The van der Waals surface area contributed by atoms with Crippen molar-refractivity contribution >= 4 is 33.4 Å². The van der Waals surface area contributed by atoms with Gasteiger partial charge in [-0.2, -0.15) is 5.10 Å². The summed E-state index contributed by atoms with van der Waals surface area (Å²) in [6.07, 6.45) is 6.35. The number of alkyl halides is 1. The Labute approximate surface area is 207 Å². The van der Waals surface area contributed by atoms with Crippen LogP contribution in [0.2, 0.25) is 5.02 Å². The number of piperidine rings is 1. The first-order chi connectivity index (χ1) is 17.1. The summed E-state index contributed by atoms with van der Waals surface area (Å²) in [5.41, 5.74) is 2.12. The summed E-state index contributed by atoms with van der Waals surface area (Å²) < 4.78 is 26.4. The molecule has 1 saturated heterocycles. The number of phenols is 1. The second-order valence-electron chi connectivity index (χ2n) is 8.81. The molecule has 0 amide bonds. The number of methoxy groups -OCH3 is 1. The number of phenolic OH excluding ortho intramolecular Hbond substituents is 1. The minimum Gasteiger partial charge on any atom is -0.506 e. The predicted octanol–water partition coefficient (Wildman–Crippen LogP) is 5.87. The highest BCUT2D eigenvalue weighted by molar-refractivity contribution is 6.32. The summed E-state index contributed by atoms with van der Waals surface area (Å²) in [4.78, 5) is 7.18. The lowest BCUT2D eigenvalue weighted by molar-refractivity contribution is 0.203. The summed E-state index contributed by atoms with van der Waals surface area (Å²) in [5, 5.41) is 19.1. The third-order valence-electron chi connectivity index (χ3n) is 6.57. The number of fused-ring (bicyclic) bond motifs is 3. The van der Waals surface area contributed by atoms with Crippen LogP contribution in [0, 0.1) is 0 Å². The Bertz CT molecular complexity index is 1350. The van der Waals surface area contributed by atoms with E-state index < -0.39 is 6.67 Å². The summed E-state index contributed by atoms with van der Waals surface area (Å²) in [5.74, 6) is 0.968. The maximum Gasteiger partial charge on any atom is 0.169 e. The van der Waals surface area contributed by atoms with Crippen LogP contribution in [0.3, 0.4) is 0 Å². The van der Waals surface area contributed by atoms with Crippen LogP contribution in [0.15, 0.2) is 30.5 Å². The van der Waals surface area contributed by atoms with Crippen LogP contribution in [-0.4, -0.2) is 58.5 Å². The molecule has 184 valence electrons. The fourth-order valence-electron chi connectivity index (χ4n) is 4.87. The van der Waals surface area contributed by atoms with Gasteiger partial charge in [-0.1, -0.05) is 18.0 Å². The van der Waals surface area contributed by atoms with Crippen molar-refractivity contribution in [3.8, 4) is 28.5 Å². The van der Waals surface area contributed by atoms with E-state index in [2.05, 4.69) is 15.1 Å². The van der Waals surface area contributed by atoms with Gasteiger partial charge in [0.25, 0.3) is 0 Å². The van der Waals surface area contributed by atoms with Crippen LogP contribution in [-0.2, 0) is 6.67 Å². The molecule has 0 unspecified atom stereocenters. The first-order valence-electron chi connectivity index (χ1n) is 11.9. The number of hydrogen-bond donors (Lipinski definition) is 2. The highest BCUT2D eigenvalue weighted by atomic mass is 35.5. The van der Waals surface area contributed by atoms with Crippen molar-refractivity contribution in [1.82, 2.24) is 20.1 Å². The maximum absolute atomic E-state index is 14.4. The predicted molar refractivity (Wildman–Crippen MR) is 135 cm³/mol. The van der Waals surface area contributed by atoms with Crippen molar-refractivity contribution in [3.05, 3.63) is 41.0 Å². The van der Waals surface area contributed by atoms with Gasteiger partial charge in [-0.05, 0) is 62.2 Å². The van der Waals surface area contributed by atoms with Gasteiger partial charge in [0.05, 0.1) is 36.0 Å². The van der Waals surface area contributed by atoms with E-state index in [0.29, 0.717) is 56.7 Å². The van der Waals surface area contributed by atoms with Gasteiger partial charge in [-0.25, -0.2) is 9.37 Å². The molecule has 2 aromatic carbocycles. The van der Waals surface area contributed by atoms with Gasteiger partial charge in [0.2, 0.25) is 0 Å². The molecule has 1 aliphatic heterocycles. The van der Waals surface area contributed by atoms with Crippen LogP contribution >= 0.6 is 11.6 Å². The van der Waals surface area contributed by atoms with Crippen molar-refractivity contribution in [2.75, 3.05) is 33.4 Å². The van der Waals surface area contributed by atoms with Crippen LogP contribution in [0.4, 0.5) is 4.39 Å². The van der Waals surface area contributed by atoms with E-state index in [-0.39, 0.29) is 10.8 Å². The number of benzene rings is 2. The molecule has 2 aromatic heterocycles. The quantitative estimate of drug-likeness (QED) is 0.296. The molecule has 7 nitrogen and oxygen atoms in total. The molecular weight excluding hydrogens is 471 g/mol. The van der Waals surface area contributed by atoms with Crippen molar-refractivity contribution < 1.29 is 19.0 Å². The second-order valence-corrected chi connectivity index (χ2v) is 9.22. The molecule has 0 aliphatic carbocycles. The topological polar surface area (TPSA) is 83.5 Å². The van der Waals surface area contributed by atoms with Crippen LogP contribution in [0.5, 0.6) is 17.2 Å². The Balaban J connectivity index is 1.58. The van der Waals surface area contributed by atoms with Crippen LogP contribution in [0.25, 0.3) is 33.1 Å². The normalized spacial score (nSPS) is 14.6. The zero-order chi connectivity index (χ0) is 24.4. The Morgan fingerprint density at radius 3 is 2.74 bits per heavy atom. The van der Waals surface area contributed by atoms with E-state index in [4.69, 9.17) is 26.1 Å². The molecule has 9 heteroatoms. The van der Waals surface area contributed by atoms with Crippen molar-refractivity contribution in [2.45, 2.75) is 32.4 Å². The van der Waals surface area contributed by atoms with Crippen molar-refractivity contribution in [2.24, 2.45) is 0 Å². The Kier molecular flexibility index (Phi) is 6.92. The fourth-order valence-corrected chi connectivity index (χ4v) is 5.05. The number of nitrogens with one attached hydrogen (secondary N) is 1. The highest BCUT2D eigenvalue weighted by Gasteiger charge is 2.23. The molecule has 4 aromatic rings. The zero-order valence-electron chi connectivity index (χ0n) is 19.6. The number of ether oxygens (including phenoxy) is 2. The lowest BCUT2D eigenvalue weighted by Crippen LogP contribution is -2.31. The molecule has 35 heavy (non-hydrogen) atoms. The van der Waals surface area contributed by atoms with Crippen molar-refractivity contribution in [1.29, 1.82) is 0 Å². The van der Waals surface area contributed by atoms with Gasteiger partial charge >= 0.3 is 0 Å². The summed E-state index contributed by atoms with van der Waals surface area (Å²) in [7, 11) is 1.58. The lowest BCUT2D eigenvalue weighted by atomic mass is 9.96. The Morgan fingerprint density at radius 2 is 2.00 bits per heavy atom. The van der Waals surface area contributed by atoms with E-state index in [1.807, 2.05) is 0 Å². The second kappa shape index (κ2) is 10.3. The van der Waals surface area contributed by atoms with Gasteiger partial charge in [0.1, 0.15) is 12.4 Å². The molecule has 0 saturated carbocycles. The third-order valence-corrected chi connectivity index (χ3v) is 6.87. The van der Waals surface area contributed by atoms with E-state index in [1.165, 1.54) is 25.3 Å². The highest BCUT2D eigenvalue weighted by Crippen LogP contribution is 2.45. The first kappa shape index (κ1) is 23.6. The van der Waals surface area contributed by atoms with Crippen LogP contribution in [0.1, 0.15) is 31.2 Å². The number of halogens is 2. The Morgan fingerprint density at radius 1 is 1.17 bits per heavy atom. The van der Waals surface area contributed by atoms with E-state index in [9.17, 15) is 9.50 Å². The van der Waals surface area contributed by atoms with E-state index in [0.717, 1.165) is 26.1 Å². The third kappa shape index (κ3) is 4.60.